The van der Waals surface area contributed by atoms with Gasteiger partial charge in [-0.15, -0.1) is 0 Å². The molecule has 3 N–H and O–H groups in total. The highest BCUT2D eigenvalue weighted by atomic mass is 16.6. The summed E-state index contributed by atoms with van der Waals surface area (Å²) in [6.45, 7) is 7.68. The number of carbonyl (C=O) groups is 1. The first-order valence-corrected chi connectivity index (χ1v) is 6.46. The number of aromatic nitrogens is 2. The molecular weight excluding hydrogens is 262 g/mol. The molecule has 0 aliphatic carbocycles. The maximum absolute atomic E-state index is 11.3. The Kier molecular flexibility index (Phi) is 4.69. The van der Waals surface area contributed by atoms with Crippen LogP contribution in [0.2, 0.25) is 0 Å². The molecule has 0 aliphatic heterocycles. The lowest BCUT2D eigenvalue weighted by Gasteiger charge is -2.21. The molecule has 1 aromatic rings. The van der Waals surface area contributed by atoms with Gasteiger partial charge in [0.2, 0.25) is 11.7 Å². The van der Waals surface area contributed by atoms with Crippen molar-refractivity contribution >= 4 is 17.4 Å². The molecule has 0 saturated carbocycles. The van der Waals surface area contributed by atoms with Gasteiger partial charge >= 0.3 is 5.69 Å². The van der Waals surface area contributed by atoms with Crippen molar-refractivity contribution in [3.05, 3.63) is 15.8 Å². The highest BCUT2D eigenvalue weighted by Crippen LogP contribution is 2.29. The van der Waals surface area contributed by atoms with E-state index in [2.05, 4.69) is 10.4 Å². The van der Waals surface area contributed by atoms with E-state index in [0.29, 0.717) is 18.1 Å². The van der Waals surface area contributed by atoms with Crippen molar-refractivity contribution in [2.45, 2.75) is 40.7 Å². The van der Waals surface area contributed by atoms with Crippen LogP contribution in [-0.4, -0.2) is 27.2 Å². The summed E-state index contributed by atoms with van der Waals surface area (Å²) >= 11 is 0. The highest BCUT2D eigenvalue weighted by Gasteiger charge is 2.29. The third kappa shape index (κ3) is 3.25. The molecule has 0 unspecified atom stereocenters. The van der Waals surface area contributed by atoms with Gasteiger partial charge in [-0.05, 0) is 27.2 Å². The van der Waals surface area contributed by atoms with Crippen LogP contribution in [-0.2, 0) is 11.3 Å². The van der Waals surface area contributed by atoms with Crippen molar-refractivity contribution < 1.29 is 9.72 Å². The van der Waals surface area contributed by atoms with Gasteiger partial charge in [-0.25, -0.2) is 4.68 Å². The zero-order valence-electron chi connectivity index (χ0n) is 12.3. The molecule has 112 valence electrons. The quantitative estimate of drug-likeness (QED) is 0.580. The Morgan fingerprint density at radius 2 is 2.15 bits per heavy atom. The van der Waals surface area contributed by atoms with E-state index in [-0.39, 0.29) is 12.2 Å². The maximum Gasteiger partial charge on any atom is 0.333 e. The fraction of sp³-hybridized carbons (Fsp3) is 0.667. The number of carbonyl (C=O) groups excluding carboxylic acids is 1. The Morgan fingerprint density at radius 1 is 1.55 bits per heavy atom. The number of nitrogens with two attached hydrogens (primary N) is 1. The summed E-state index contributed by atoms with van der Waals surface area (Å²) in [5, 5.41) is 18.3. The van der Waals surface area contributed by atoms with Gasteiger partial charge in [0.25, 0.3) is 0 Å². The van der Waals surface area contributed by atoms with Gasteiger partial charge < -0.3 is 11.1 Å². The molecule has 1 aromatic heterocycles. The molecule has 8 nitrogen and oxygen atoms in total. The van der Waals surface area contributed by atoms with E-state index >= 15 is 0 Å². The second-order valence-electron chi connectivity index (χ2n) is 5.36. The van der Waals surface area contributed by atoms with Crippen LogP contribution in [0, 0.1) is 22.5 Å². The topological polar surface area (TPSA) is 116 Å². The largest absolute Gasteiger partial charge is 0.369 e. The number of primary amides is 1. The molecule has 1 rings (SSSR count). The van der Waals surface area contributed by atoms with E-state index in [1.807, 2.05) is 6.92 Å². The predicted octanol–water partition coefficient (Wildman–Crippen LogP) is 1.43. The second kappa shape index (κ2) is 5.89. The molecule has 1 amide bonds. The van der Waals surface area contributed by atoms with Gasteiger partial charge in [-0.1, -0.05) is 6.92 Å². The number of nitro groups is 1. The van der Waals surface area contributed by atoms with Crippen molar-refractivity contribution in [2.75, 3.05) is 11.9 Å². The van der Waals surface area contributed by atoms with Crippen LogP contribution in [0.25, 0.3) is 0 Å². The minimum atomic E-state index is -0.802. The van der Waals surface area contributed by atoms with Crippen LogP contribution in [0.3, 0.4) is 0 Å². The van der Waals surface area contributed by atoms with Crippen LogP contribution < -0.4 is 11.1 Å². The molecule has 0 radical (unpaired) electrons. The summed E-state index contributed by atoms with van der Waals surface area (Å²) in [7, 11) is 0. The Labute approximate surface area is 117 Å². The van der Waals surface area contributed by atoms with Crippen molar-refractivity contribution in [1.82, 2.24) is 9.78 Å². The fourth-order valence-electron chi connectivity index (χ4n) is 1.73. The Morgan fingerprint density at radius 3 is 2.60 bits per heavy atom. The predicted molar refractivity (Wildman–Crippen MR) is 75.4 cm³/mol. The number of amides is 1. The maximum atomic E-state index is 11.3. The van der Waals surface area contributed by atoms with Gasteiger partial charge in [0.05, 0.1) is 10.3 Å². The van der Waals surface area contributed by atoms with Crippen molar-refractivity contribution in [1.29, 1.82) is 0 Å². The zero-order valence-corrected chi connectivity index (χ0v) is 12.3. The van der Waals surface area contributed by atoms with E-state index in [0.717, 1.165) is 6.42 Å². The third-order valence-corrected chi connectivity index (χ3v) is 3.08. The van der Waals surface area contributed by atoms with E-state index in [1.54, 1.807) is 25.5 Å². The lowest BCUT2D eigenvalue weighted by atomic mass is 9.93. The first kappa shape index (κ1) is 15.9. The molecule has 0 aromatic carbocycles. The molecule has 0 fully saturated rings. The molecular formula is C12H21N5O3. The summed E-state index contributed by atoms with van der Waals surface area (Å²) in [4.78, 5) is 22.0. The molecule has 0 aliphatic rings. The summed E-state index contributed by atoms with van der Waals surface area (Å²) in [5.74, 6) is -0.144. The molecule has 0 atom stereocenters. The monoisotopic (exact) mass is 283 g/mol. The number of aryl methyl sites for hydroxylation is 2. The van der Waals surface area contributed by atoms with Gasteiger partial charge in [0.15, 0.2) is 0 Å². The second-order valence-corrected chi connectivity index (χ2v) is 5.36. The lowest BCUT2D eigenvalue weighted by molar-refractivity contribution is -0.384. The van der Waals surface area contributed by atoms with E-state index in [4.69, 9.17) is 5.73 Å². The van der Waals surface area contributed by atoms with Gasteiger partial charge in [-0.2, -0.15) is 5.10 Å². The minimum absolute atomic E-state index is 0.0567. The van der Waals surface area contributed by atoms with E-state index in [1.165, 1.54) is 0 Å². The van der Waals surface area contributed by atoms with Crippen LogP contribution in [0.1, 0.15) is 32.9 Å². The molecule has 0 spiro atoms. The lowest BCUT2D eigenvalue weighted by Crippen LogP contribution is -2.37. The Bertz CT molecular complexity index is 521. The normalized spacial score (nSPS) is 11.4. The van der Waals surface area contributed by atoms with Crippen molar-refractivity contribution in [2.24, 2.45) is 11.1 Å². The number of anilines is 1. The molecule has 8 heteroatoms. The summed E-state index contributed by atoms with van der Waals surface area (Å²) < 4.78 is 1.56. The number of nitrogens with one attached hydrogen (secondary N) is 1. The van der Waals surface area contributed by atoms with Gasteiger partial charge in [0.1, 0.15) is 5.69 Å². The van der Waals surface area contributed by atoms with Crippen LogP contribution >= 0.6 is 0 Å². The van der Waals surface area contributed by atoms with E-state index in [9.17, 15) is 14.9 Å². The average molecular weight is 283 g/mol. The first-order valence-electron chi connectivity index (χ1n) is 6.46. The fourth-order valence-corrected chi connectivity index (χ4v) is 1.73. The van der Waals surface area contributed by atoms with Crippen molar-refractivity contribution in [3.63, 3.8) is 0 Å². The Balaban J connectivity index is 3.08. The summed E-state index contributed by atoms with van der Waals surface area (Å²) in [6.07, 6.45) is 0.798. The van der Waals surface area contributed by atoms with E-state index < -0.39 is 16.2 Å². The van der Waals surface area contributed by atoms with Crippen molar-refractivity contribution in [3.8, 4) is 0 Å². The summed E-state index contributed by atoms with van der Waals surface area (Å²) in [5.41, 5.74) is 4.79. The van der Waals surface area contributed by atoms with Crippen LogP contribution in [0.4, 0.5) is 11.5 Å². The standard InChI is InChI=1S/C12H21N5O3/c1-5-6-16-10(9(17(19)20)8(2)15-16)14-7-12(3,4)11(13)18/h14H,5-7H2,1-4H3,(H2,13,18). The highest BCUT2D eigenvalue weighted by molar-refractivity contribution is 5.80. The first-order chi connectivity index (χ1) is 9.20. The zero-order chi connectivity index (χ0) is 15.5. The number of hydrogen-bond donors (Lipinski definition) is 2. The number of nitrogens with zero attached hydrogens (tertiary/aromatic N) is 3. The number of hydrogen-bond acceptors (Lipinski definition) is 5. The molecule has 20 heavy (non-hydrogen) atoms. The Hall–Kier alpha value is -2.12. The number of rotatable bonds is 7. The van der Waals surface area contributed by atoms with Gasteiger partial charge in [-0.3, -0.25) is 14.9 Å². The minimum Gasteiger partial charge on any atom is -0.369 e. The third-order valence-electron chi connectivity index (χ3n) is 3.08. The average Bonchev–Trinajstić information content (AvgIpc) is 2.63. The SMILES string of the molecule is CCCn1nc(C)c([N+](=O)[O-])c1NCC(C)(C)C(N)=O. The molecule has 0 bridgehead atoms. The van der Waals surface area contributed by atoms with Crippen LogP contribution in [0.15, 0.2) is 0 Å². The summed E-state index contributed by atoms with van der Waals surface area (Å²) in [6, 6.07) is 0. The molecule has 1 heterocycles. The molecule has 0 saturated heterocycles. The van der Waals surface area contributed by atoms with Gasteiger partial charge in [0, 0.05) is 13.1 Å². The smallest absolute Gasteiger partial charge is 0.333 e. The van der Waals surface area contributed by atoms with Crippen LogP contribution in [0.5, 0.6) is 0 Å².